The third-order valence-electron chi connectivity index (χ3n) is 7.12. The number of benzene rings is 2. The molecule has 2 aliphatic rings. The molecular formula is C26H36N3O+. The van der Waals surface area contributed by atoms with E-state index in [-0.39, 0.29) is 0 Å². The number of hydrogen-bond acceptors (Lipinski definition) is 2. The van der Waals surface area contributed by atoms with Crippen LogP contribution in [0.2, 0.25) is 0 Å². The highest BCUT2D eigenvalue weighted by Crippen LogP contribution is 2.23. The Morgan fingerprint density at radius 2 is 1.63 bits per heavy atom. The Morgan fingerprint density at radius 3 is 2.33 bits per heavy atom. The number of anilines is 1. The molecule has 30 heavy (non-hydrogen) atoms. The first kappa shape index (κ1) is 20.9. The van der Waals surface area contributed by atoms with Crippen molar-refractivity contribution in [1.29, 1.82) is 0 Å². The van der Waals surface area contributed by atoms with Crippen molar-refractivity contribution in [2.24, 2.45) is 5.92 Å². The Bertz CT molecular complexity index is 835. The molecular weight excluding hydrogens is 370 g/mol. The second-order valence-corrected chi connectivity index (χ2v) is 9.15. The van der Waals surface area contributed by atoms with Crippen LogP contribution in [-0.4, -0.2) is 56.6 Å². The van der Waals surface area contributed by atoms with Gasteiger partial charge >= 0.3 is 0 Å². The molecule has 4 rings (SSSR count). The summed E-state index contributed by atoms with van der Waals surface area (Å²) >= 11 is 0. The van der Waals surface area contributed by atoms with Crippen LogP contribution in [0.15, 0.2) is 48.5 Å². The topological polar surface area (TPSA) is 28.0 Å². The van der Waals surface area contributed by atoms with Crippen molar-refractivity contribution < 1.29 is 9.69 Å². The summed E-state index contributed by atoms with van der Waals surface area (Å²) in [4.78, 5) is 18.9. The summed E-state index contributed by atoms with van der Waals surface area (Å²) in [6.07, 6.45) is 3.42. The number of carbonyl (C=O) groups excluding carboxylic acids is 1. The average molecular weight is 407 g/mol. The highest BCUT2D eigenvalue weighted by Gasteiger charge is 2.28. The van der Waals surface area contributed by atoms with Crippen LogP contribution in [0.5, 0.6) is 0 Å². The fraction of sp³-hybridized carbons (Fsp3) is 0.500. The molecule has 2 aromatic carbocycles. The molecule has 2 fully saturated rings. The summed E-state index contributed by atoms with van der Waals surface area (Å²) in [5.41, 5.74) is 5.53. The van der Waals surface area contributed by atoms with E-state index in [1.807, 2.05) is 0 Å². The Balaban J connectivity index is 1.21. The molecule has 1 amide bonds. The van der Waals surface area contributed by atoms with Gasteiger partial charge in [-0.2, -0.15) is 0 Å². The number of piperidine rings is 1. The van der Waals surface area contributed by atoms with E-state index in [1.165, 1.54) is 27.3 Å². The van der Waals surface area contributed by atoms with Gasteiger partial charge in [-0.25, -0.2) is 0 Å². The monoisotopic (exact) mass is 406 g/mol. The van der Waals surface area contributed by atoms with Crippen molar-refractivity contribution in [3.63, 3.8) is 0 Å². The van der Waals surface area contributed by atoms with E-state index in [1.54, 1.807) is 0 Å². The fourth-order valence-electron chi connectivity index (χ4n) is 4.98. The van der Waals surface area contributed by atoms with E-state index >= 15 is 0 Å². The Morgan fingerprint density at radius 1 is 0.933 bits per heavy atom. The van der Waals surface area contributed by atoms with E-state index in [0.29, 0.717) is 18.4 Å². The van der Waals surface area contributed by atoms with Crippen molar-refractivity contribution in [3.8, 4) is 0 Å². The van der Waals surface area contributed by atoms with Crippen LogP contribution >= 0.6 is 0 Å². The third kappa shape index (κ3) is 5.04. The van der Waals surface area contributed by atoms with E-state index in [4.69, 9.17) is 0 Å². The van der Waals surface area contributed by atoms with Crippen molar-refractivity contribution >= 4 is 11.6 Å². The maximum Gasteiger partial charge on any atom is 0.277 e. The molecule has 0 aliphatic carbocycles. The summed E-state index contributed by atoms with van der Waals surface area (Å²) in [7, 11) is 0. The van der Waals surface area contributed by atoms with E-state index in [9.17, 15) is 4.79 Å². The number of nitrogens with zero attached hydrogens (tertiary/aromatic N) is 2. The normalized spacial score (nSPS) is 18.6. The SMILES string of the molecule is Cc1cccc(N2CC[NH+](CC(=O)N3CCC(Cc4ccccc4)CC3)CC2)c1C. The number of rotatable bonds is 5. The Labute approximate surface area is 181 Å². The van der Waals surface area contributed by atoms with Gasteiger partial charge in [0.2, 0.25) is 0 Å². The summed E-state index contributed by atoms with van der Waals surface area (Å²) in [6.45, 7) is 11.1. The summed E-state index contributed by atoms with van der Waals surface area (Å²) < 4.78 is 0. The van der Waals surface area contributed by atoms with Gasteiger partial charge in [-0.15, -0.1) is 0 Å². The van der Waals surface area contributed by atoms with Crippen LogP contribution in [0, 0.1) is 19.8 Å². The molecule has 2 aromatic rings. The van der Waals surface area contributed by atoms with Crippen LogP contribution in [-0.2, 0) is 11.2 Å². The number of piperazine rings is 1. The minimum atomic E-state index is 0.350. The van der Waals surface area contributed by atoms with Crippen LogP contribution in [0.1, 0.15) is 29.5 Å². The van der Waals surface area contributed by atoms with Gasteiger partial charge in [0.25, 0.3) is 5.91 Å². The highest BCUT2D eigenvalue weighted by molar-refractivity contribution is 5.77. The number of likely N-dealkylation sites (tertiary alicyclic amines) is 1. The predicted molar refractivity (Wildman–Crippen MR) is 123 cm³/mol. The first-order valence-electron chi connectivity index (χ1n) is 11.6. The number of hydrogen-bond donors (Lipinski definition) is 1. The molecule has 0 saturated carbocycles. The number of amides is 1. The molecule has 0 unspecified atom stereocenters. The van der Waals surface area contributed by atoms with E-state index in [0.717, 1.165) is 58.5 Å². The van der Waals surface area contributed by atoms with Gasteiger partial charge in [-0.1, -0.05) is 42.5 Å². The lowest BCUT2D eigenvalue weighted by atomic mass is 9.90. The number of carbonyl (C=O) groups is 1. The van der Waals surface area contributed by atoms with Crippen molar-refractivity contribution in [1.82, 2.24) is 4.90 Å². The van der Waals surface area contributed by atoms with Crippen LogP contribution in [0.25, 0.3) is 0 Å². The van der Waals surface area contributed by atoms with Gasteiger partial charge in [0.1, 0.15) is 0 Å². The second kappa shape index (κ2) is 9.65. The minimum Gasteiger partial charge on any atom is -0.360 e. The number of nitrogens with one attached hydrogen (secondary N) is 1. The van der Waals surface area contributed by atoms with Gasteiger partial charge in [-0.05, 0) is 61.8 Å². The quantitative estimate of drug-likeness (QED) is 0.826. The standard InChI is InChI=1S/C26H35N3O/c1-21-7-6-10-25(22(21)2)28-17-15-27(16-18-28)20-26(30)29-13-11-24(12-14-29)19-23-8-4-3-5-9-23/h3-10,24H,11-20H2,1-2H3/p+1. The van der Waals surface area contributed by atoms with Crippen LogP contribution < -0.4 is 9.80 Å². The average Bonchev–Trinajstić information content (AvgIpc) is 2.77. The molecule has 2 aliphatic heterocycles. The molecule has 160 valence electrons. The zero-order chi connectivity index (χ0) is 20.9. The van der Waals surface area contributed by atoms with E-state index < -0.39 is 0 Å². The third-order valence-corrected chi connectivity index (χ3v) is 7.12. The number of aryl methyl sites for hydroxylation is 1. The number of quaternary nitrogens is 1. The van der Waals surface area contributed by atoms with Crippen molar-refractivity contribution in [2.45, 2.75) is 33.1 Å². The molecule has 2 heterocycles. The summed E-state index contributed by atoms with van der Waals surface area (Å²) in [5, 5.41) is 0. The molecule has 2 saturated heterocycles. The first-order valence-corrected chi connectivity index (χ1v) is 11.6. The molecule has 0 radical (unpaired) electrons. The lowest BCUT2D eigenvalue weighted by Crippen LogP contribution is -3.16. The van der Waals surface area contributed by atoms with Gasteiger partial charge in [0.05, 0.1) is 26.2 Å². The predicted octanol–water partition coefficient (Wildman–Crippen LogP) is 2.49. The lowest BCUT2D eigenvalue weighted by molar-refractivity contribution is -0.892. The first-order chi connectivity index (χ1) is 14.6. The van der Waals surface area contributed by atoms with Crippen molar-refractivity contribution in [3.05, 3.63) is 65.2 Å². The van der Waals surface area contributed by atoms with Crippen molar-refractivity contribution in [2.75, 3.05) is 50.7 Å². The zero-order valence-corrected chi connectivity index (χ0v) is 18.6. The van der Waals surface area contributed by atoms with Gasteiger partial charge in [-0.3, -0.25) is 4.79 Å². The zero-order valence-electron chi connectivity index (χ0n) is 18.6. The summed E-state index contributed by atoms with van der Waals surface area (Å²) in [6, 6.07) is 17.3. The molecule has 4 nitrogen and oxygen atoms in total. The molecule has 1 N–H and O–H groups in total. The summed E-state index contributed by atoms with van der Waals surface area (Å²) in [5.74, 6) is 1.06. The fourth-order valence-corrected chi connectivity index (χ4v) is 4.98. The second-order valence-electron chi connectivity index (χ2n) is 9.15. The van der Waals surface area contributed by atoms with E-state index in [2.05, 4.69) is 72.2 Å². The van der Waals surface area contributed by atoms with Crippen LogP contribution in [0.3, 0.4) is 0 Å². The highest BCUT2D eigenvalue weighted by atomic mass is 16.2. The smallest absolute Gasteiger partial charge is 0.277 e. The molecule has 0 spiro atoms. The Kier molecular flexibility index (Phi) is 6.73. The minimum absolute atomic E-state index is 0.350. The van der Waals surface area contributed by atoms with Crippen LogP contribution in [0.4, 0.5) is 5.69 Å². The lowest BCUT2D eigenvalue weighted by Gasteiger charge is -2.36. The maximum absolute atomic E-state index is 12.9. The molecule has 0 bridgehead atoms. The van der Waals surface area contributed by atoms with Gasteiger partial charge in [0, 0.05) is 18.8 Å². The molecule has 0 atom stereocenters. The molecule has 4 heteroatoms. The Hall–Kier alpha value is -2.33. The molecule has 0 aromatic heterocycles. The van der Waals surface area contributed by atoms with Gasteiger partial charge < -0.3 is 14.7 Å². The maximum atomic E-state index is 12.9. The van der Waals surface area contributed by atoms with Gasteiger partial charge in [0.15, 0.2) is 6.54 Å². The largest absolute Gasteiger partial charge is 0.360 e.